The van der Waals surface area contributed by atoms with E-state index in [1.807, 2.05) is 44.2 Å². The quantitative estimate of drug-likeness (QED) is 0.661. The predicted octanol–water partition coefficient (Wildman–Crippen LogP) is 0.929. The number of hydrogen-bond acceptors (Lipinski definition) is 4. The standard InChI is InChI=1S/C16H23N3O4/c1-3-11(2)14(15(17)21)19-13(20)9-18-16(22)23-10-12-7-5-4-6-8-12/h4-8,11,14H,3,9-10H2,1-2H3,(H2,17,21)(H,18,22)(H,19,20)/t11-,14-/m0/s1. The minimum absolute atomic E-state index is 0.0820. The van der Waals surface area contributed by atoms with Crippen LogP contribution in [0.3, 0.4) is 0 Å². The predicted molar refractivity (Wildman–Crippen MR) is 85.2 cm³/mol. The number of nitrogens with two attached hydrogens (primary N) is 1. The van der Waals surface area contributed by atoms with Crippen LogP contribution in [-0.4, -0.2) is 30.5 Å². The molecule has 0 spiro atoms. The van der Waals surface area contributed by atoms with Gasteiger partial charge in [0.15, 0.2) is 0 Å². The number of nitrogens with one attached hydrogen (secondary N) is 2. The van der Waals surface area contributed by atoms with Crippen LogP contribution in [0.4, 0.5) is 4.79 Å². The van der Waals surface area contributed by atoms with Gasteiger partial charge >= 0.3 is 6.09 Å². The Morgan fingerprint density at radius 1 is 1.22 bits per heavy atom. The molecule has 0 unspecified atom stereocenters. The van der Waals surface area contributed by atoms with E-state index in [0.29, 0.717) is 6.42 Å². The summed E-state index contributed by atoms with van der Waals surface area (Å²) in [5, 5.41) is 4.84. The SMILES string of the molecule is CC[C@H](C)[C@H](NC(=O)CNC(=O)OCc1ccccc1)C(N)=O. The highest BCUT2D eigenvalue weighted by Crippen LogP contribution is 2.06. The summed E-state index contributed by atoms with van der Waals surface area (Å²) in [4.78, 5) is 34.6. The van der Waals surface area contributed by atoms with Gasteiger partial charge in [-0.3, -0.25) is 9.59 Å². The Morgan fingerprint density at radius 2 is 1.87 bits per heavy atom. The lowest BCUT2D eigenvalue weighted by Gasteiger charge is -2.21. The van der Waals surface area contributed by atoms with Crippen LogP contribution >= 0.6 is 0 Å². The van der Waals surface area contributed by atoms with E-state index in [2.05, 4.69) is 10.6 Å². The summed E-state index contributed by atoms with van der Waals surface area (Å²) in [6, 6.07) is 8.42. The molecule has 2 atom stereocenters. The van der Waals surface area contributed by atoms with Crippen molar-refractivity contribution in [2.75, 3.05) is 6.54 Å². The summed E-state index contributed by atoms with van der Waals surface area (Å²) < 4.78 is 4.98. The summed E-state index contributed by atoms with van der Waals surface area (Å²) in [7, 11) is 0. The van der Waals surface area contributed by atoms with E-state index in [0.717, 1.165) is 5.56 Å². The Morgan fingerprint density at radius 3 is 2.43 bits per heavy atom. The molecule has 23 heavy (non-hydrogen) atoms. The van der Waals surface area contributed by atoms with Crippen LogP contribution in [0.15, 0.2) is 30.3 Å². The maximum atomic E-state index is 11.8. The number of ether oxygens (including phenoxy) is 1. The first-order chi connectivity index (χ1) is 10.9. The van der Waals surface area contributed by atoms with Gasteiger partial charge in [0.1, 0.15) is 19.2 Å². The summed E-state index contributed by atoms with van der Waals surface area (Å²) >= 11 is 0. The highest BCUT2D eigenvalue weighted by molar-refractivity contribution is 5.88. The highest BCUT2D eigenvalue weighted by atomic mass is 16.5. The Hall–Kier alpha value is -2.57. The number of amides is 3. The Labute approximate surface area is 135 Å². The van der Waals surface area contributed by atoms with E-state index in [9.17, 15) is 14.4 Å². The third-order valence-corrected chi connectivity index (χ3v) is 3.44. The zero-order valence-corrected chi connectivity index (χ0v) is 13.4. The Bertz CT molecular complexity index is 533. The number of rotatable bonds is 8. The molecule has 0 heterocycles. The fraction of sp³-hybridized carbons (Fsp3) is 0.438. The summed E-state index contributed by atoms with van der Waals surface area (Å²) in [6.45, 7) is 3.54. The smallest absolute Gasteiger partial charge is 0.407 e. The molecule has 0 aliphatic rings. The largest absolute Gasteiger partial charge is 0.445 e. The summed E-state index contributed by atoms with van der Waals surface area (Å²) in [6.07, 6.45) is -0.0105. The van der Waals surface area contributed by atoms with Gasteiger partial charge in [-0.25, -0.2) is 4.79 Å². The number of primary amides is 1. The van der Waals surface area contributed by atoms with Gasteiger partial charge in [-0.2, -0.15) is 0 Å². The molecular formula is C16H23N3O4. The molecule has 3 amide bonds. The van der Waals surface area contributed by atoms with Crippen LogP contribution in [0, 0.1) is 5.92 Å². The van der Waals surface area contributed by atoms with Crippen molar-refractivity contribution < 1.29 is 19.1 Å². The van der Waals surface area contributed by atoms with Crippen LogP contribution in [0.2, 0.25) is 0 Å². The number of carbonyl (C=O) groups is 3. The van der Waals surface area contributed by atoms with Crippen LogP contribution in [0.25, 0.3) is 0 Å². The van der Waals surface area contributed by atoms with Gasteiger partial charge in [0.25, 0.3) is 0 Å². The Balaban J connectivity index is 2.34. The van der Waals surface area contributed by atoms with Gasteiger partial charge in [-0.15, -0.1) is 0 Å². The molecule has 0 aliphatic carbocycles. The van der Waals surface area contributed by atoms with Gasteiger partial charge in [0.05, 0.1) is 0 Å². The second-order valence-electron chi connectivity index (χ2n) is 5.25. The number of alkyl carbamates (subject to hydrolysis) is 1. The molecule has 0 bridgehead atoms. The average molecular weight is 321 g/mol. The fourth-order valence-corrected chi connectivity index (χ4v) is 1.88. The molecule has 0 saturated heterocycles. The molecule has 0 fully saturated rings. The van der Waals surface area contributed by atoms with E-state index in [4.69, 9.17) is 10.5 Å². The molecule has 126 valence electrons. The van der Waals surface area contributed by atoms with Gasteiger partial charge in [-0.1, -0.05) is 50.6 Å². The molecule has 0 aliphatic heterocycles. The van der Waals surface area contributed by atoms with Crippen LogP contribution < -0.4 is 16.4 Å². The minimum atomic E-state index is -0.755. The lowest BCUT2D eigenvalue weighted by atomic mass is 9.98. The minimum Gasteiger partial charge on any atom is -0.445 e. The molecule has 4 N–H and O–H groups in total. The van der Waals surface area contributed by atoms with Crippen LogP contribution in [-0.2, 0) is 20.9 Å². The van der Waals surface area contributed by atoms with E-state index >= 15 is 0 Å². The van der Waals surface area contributed by atoms with E-state index < -0.39 is 23.9 Å². The fourth-order valence-electron chi connectivity index (χ4n) is 1.88. The lowest BCUT2D eigenvalue weighted by Crippen LogP contribution is -2.50. The van der Waals surface area contributed by atoms with E-state index in [-0.39, 0.29) is 19.1 Å². The molecular weight excluding hydrogens is 298 g/mol. The van der Waals surface area contributed by atoms with Crippen molar-refractivity contribution >= 4 is 17.9 Å². The molecule has 0 saturated carbocycles. The van der Waals surface area contributed by atoms with Crippen molar-refractivity contribution in [1.29, 1.82) is 0 Å². The molecule has 1 aromatic rings. The first kappa shape index (κ1) is 18.5. The van der Waals surface area contributed by atoms with Crippen LogP contribution in [0.5, 0.6) is 0 Å². The third kappa shape index (κ3) is 6.82. The third-order valence-electron chi connectivity index (χ3n) is 3.44. The van der Waals surface area contributed by atoms with Crippen molar-refractivity contribution in [3.63, 3.8) is 0 Å². The van der Waals surface area contributed by atoms with Gasteiger partial charge in [-0.05, 0) is 11.5 Å². The second kappa shape index (κ2) is 9.45. The van der Waals surface area contributed by atoms with E-state index in [1.165, 1.54) is 0 Å². The molecule has 1 rings (SSSR count). The zero-order valence-electron chi connectivity index (χ0n) is 13.4. The lowest BCUT2D eigenvalue weighted by molar-refractivity contribution is -0.127. The average Bonchev–Trinajstić information content (AvgIpc) is 2.55. The van der Waals surface area contributed by atoms with Crippen molar-refractivity contribution in [3.8, 4) is 0 Å². The Kier molecular flexibility index (Phi) is 7.59. The second-order valence-corrected chi connectivity index (χ2v) is 5.25. The first-order valence-corrected chi connectivity index (χ1v) is 7.47. The molecule has 0 radical (unpaired) electrons. The molecule has 7 heteroatoms. The number of hydrogen-bond donors (Lipinski definition) is 3. The maximum Gasteiger partial charge on any atom is 0.407 e. The van der Waals surface area contributed by atoms with Crippen molar-refractivity contribution in [2.45, 2.75) is 32.9 Å². The van der Waals surface area contributed by atoms with Crippen LogP contribution in [0.1, 0.15) is 25.8 Å². The highest BCUT2D eigenvalue weighted by Gasteiger charge is 2.23. The van der Waals surface area contributed by atoms with Gasteiger partial charge in [0.2, 0.25) is 11.8 Å². The summed E-state index contributed by atoms with van der Waals surface area (Å²) in [5.41, 5.74) is 6.11. The zero-order chi connectivity index (χ0) is 17.2. The van der Waals surface area contributed by atoms with Crippen molar-refractivity contribution in [3.05, 3.63) is 35.9 Å². The number of carbonyl (C=O) groups excluding carboxylic acids is 3. The first-order valence-electron chi connectivity index (χ1n) is 7.47. The van der Waals surface area contributed by atoms with Crippen molar-refractivity contribution in [2.24, 2.45) is 11.7 Å². The topological polar surface area (TPSA) is 111 Å². The molecule has 1 aromatic carbocycles. The maximum absolute atomic E-state index is 11.8. The molecule has 7 nitrogen and oxygen atoms in total. The van der Waals surface area contributed by atoms with Gasteiger partial charge in [0, 0.05) is 0 Å². The number of benzene rings is 1. The molecule has 0 aromatic heterocycles. The van der Waals surface area contributed by atoms with Crippen molar-refractivity contribution in [1.82, 2.24) is 10.6 Å². The monoisotopic (exact) mass is 321 g/mol. The van der Waals surface area contributed by atoms with E-state index in [1.54, 1.807) is 0 Å². The summed E-state index contributed by atoms with van der Waals surface area (Å²) in [5.74, 6) is -1.17. The van der Waals surface area contributed by atoms with Gasteiger partial charge < -0.3 is 21.1 Å². The normalized spacial score (nSPS) is 12.8.